The van der Waals surface area contributed by atoms with E-state index < -0.39 is 0 Å². The maximum Gasteiger partial charge on any atom is 0.157 e. The number of hydrogen-bond acceptors (Lipinski definition) is 4. The fraction of sp³-hybridized carbons (Fsp3) is 0.111. The largest absolute Gasteiger partial charge is 0.493 e. The molecule has 5 heteroatoms. The molecule has 2 aromatic rings. The molecule has 0 aliphatic carbocycles. The lowest BCUT2D eigenvalue weighted by molar-refractivity contribution is 0.414. The highest BCUT2D eigenvalue weighted by atomic mass is 16.5. The Morgan fingerprint density at radius 1 is 1.50 bits per heavy atom. The van der Waals surface area contributed by atoms with Crippen molar-refractivity contribution < 1.29 is 4.74 Å². The molecule has 0 saturated heterocycles. The molecule has 2 rings (SSSR count). The Balaban J connectivity index is 2.39. The van der Waals surface area contributed by atoms with Crippen molar-refractivity contribution in [3.8, 4) is 11.4 Å². The normalized spacial score (nSPS) is 10.1. The van der Waals surface area contributed by atoms with Crippen LogP contribution in [-0.4, -0.2) is 21.9 Å². The van der Waals surface area contributed by atoms with Gasteiger partial charge in [-0.2, -0.15) is 5.10 Å². The number of rotatable bonds is 2. The topological polar surface area (TPSA) is 66.0 Å². The van der Waals surface area contributed by atoms with Gasteiger partial charge in [-0.05, 0) is 6.07 Å². The van der Waals surface area contributed by atoms with Crippen molar-refractivity contribution in [1.29, 1.82) is 0 Å². The summed E-state index contributed by atoms with van der Waals surface area (Å²) in [6.07, 6.45) is 5.05. The van der Waals surface area contributed by atoms with Crippen molar-refractivity contribution in [3.05, 3.63) is 30.7 Å². The summed E-state index contributed by atoms with van der Waals surface area (Å²) in [6.45, 7) is 0. The Morgan fingerprint density at radius 2 is 2.36 bits per heavy atom. The second kappa shape index (κ2) is 3.37. The minimum atomic E-state index is 0.469. The molecule has 0 amide bonds. The van der Waals surface area contributed by atoms with E-state index >= 15 is 0 Å². The fourth-order valence-electron chi connectivity index (χ4n) is 1.13. The molecule has 0 fully saturated rings. The number of nitrogens with two attached hydrogens (primary N) is 1. The summed E-state index contributed by atoms with van der Waals surface area (Å²) in [6, 6.07) is 3.56. The van der Waals surface area contributed by atoms with Gasteiger partial charge in [0.1, 0.15) is 5.82 Å². The fourth-order valence-corrected chi connectivity index (χ4v) is 1.13. The quantitative estimate of drug-likeness (QED) is 0.762. The van der Waals surface area contributed by atoms with Crippen LogP contribution in [0.3, 0.4) is 0 Å². The van der Waals surface area contributed by atoms with E-state index in [1.54, 1.807) is 36.4 Å². The molecule has 0 saturated carbocycles. The summed E-state index contributed by atoms with van der Waals surface area (Å²) in [7, 11) is 1.60. The molecule has 72 valence electrons. The van der Waals surface area contributed by atoms with Gasteiger partial charge in [0, 0.05) is 12.3 Å². The molecule has 5 nitrogen and oxygen atoms in total. The minimum absolute atomic E-state index is 0.469. The van der Waals surface area contributed by atoms with Crippen LogP contribution in [0.5, 0.6) is 5.75 Å². The average Bonchev–Trinajstić information content (AvgIpc) is 2.66. The first-order valence-electron chi connectivity index (χ1n) is 4.10. The zero-order valence-electron chi connectivity index (χ0n) is 7.71. The number of nitrogen functional groups attached to an aromatic ring is 1. The van der Waals surface area contributed by atoms with Gasteiger partial charge in [-0.3, -0.25) is 0 Å². The lowest BCUT2D eigenvalue weighted by Gasteiger charge is -2.00. The molecule has 0 bridgehead atoms. The Morgan fingerprint density at radius 3 is 3.00 bits per heavy atom. The molecule has 14 heavy (non-hydrogen) atoms. The van der Waals surface area contributed by atoms with E-state index in [4.69, 9.17) is 10.5 Å². The first-order valence-corrected chi connectivity index (χ1v) is 4.10. The number of aromatic nitrogens is 3. The highest BCUT2D eigenvalue weighted by Gasteiger charge is 2.00. The number of hydrogen-bond donors (Lipinski definition) is 1. The molecular weight excluding hydrogens is 180 g/mol. The molecule has 0 aliphatic rings. The van der Waals surface area contributed by atoms with E-state index in [0.29, 0.717) is 11.6 Å². The van der Waals surface area contributed by atoms with Gasteiger partial charge in [-0.15, -0.1) is 0 Å². The van der Waals surface area contributed by atoms with Crippen molar-refractivity contribution in [1.82, 2.24) is 14.8 Å². The molecule has 0 aliphatic heterocycles. The summed E-state index contributed by atoms with van der Waals surface area (Å²) in [5.41, 5.74) is 6.41. The van der Waals surface area contributed by atoms with E-state index in [2.05, 4.69) is 10.1 Å². The lowest BCUT2D eigenvalue weighted by Crippen LogP contribution is -1.97. The second-order valence-electron chi connectivity index (χ2n) is 2.76. The van der Waals surface area contributed by atoms with Crippen LogP contribution in [0.1, 0.15) is 0 Å². The summed E-state index contributed by atoms with van der Waals surface area (Å²) in [5, 5.41) is 4.11. The van der Waals surface area contributed by atoms with E-state index in [1.807, 2.05) is 6.07 Å². The predicted octanol–water partition coefficient (Wildman–Crippen LogP) is 0.858. The molecule has 0 spiro atoms. The minimum Gasteiger partial charge on any atom is -0.493 e. The van der Waals surface area contributed by atoms with Gasteiger partial charge in [0.15, 0.2) is 5.75 Å². The number of anilines is 1. The molecule has 2 aromatic heterocycles. The van der Waals surface area contributed by atoms with E-state index in [-0.39, 0.29) is 0 Å². The first kappa shape index (κ1) is 8.55. The molecule has 0 aromatic carbocycles. The Bertz CT molecular complexity index is 438. The van der Waals surface area contributed by atoms with Gasteiger partial charge in [-0.1, -0.05) is 0 Å². The SMILES string of the molecule is COc1cnn(-c2ccnc(N)c2)c1. The van der Waals surface area contributed by atoms with Crippen LogP contribution >= 0.6 is 0 Å². The standard InChI is InChI=1S/C9H10N4O/c1-14-8-5-12-13(6-8)7-2-3-11-9(10)4-7/h2-6H,1H3,(H2,10,11). The average molecular weight is 190 g/mol. The number of ether oxygens (including phenoxy) is 1. The summed E-state index contributed by atoms with van der Waals surface area (Å²) in [5.74, 6) is 1.18. The summed E-state index contributed by atoms with van der Waals surface area (Å²) in [4.78, 5) is 3.90. The first-order chi connectivity index (χ1) is 6.79. The van der Waals surface area contributed by atoms with Crippen molar-refractivity contribution in [2.24, 2.45) is 0 Å². The van der Waals surface area contributed by atoms with Crippen molar-refractivity contribution in [2.75, 3.05) is 12.8 Å². The van der Waals surface area contributed by atoms with Gasteiger partial charge in [0.05, 0.1) is 25.2 Å². The van der Waals surface area contributed by atoms with Gasteiger partial charge in [-0.25, -0.2) is 9.67 Å². The predicted molar refractivity (Wildman–Crippen MR) is 52.3 cm³/mol. The summed E-state index contributed by atoms with van der Waals surface area (Å²) < 4.78 is 6.69. The molecule has 0 radical (unpaired) electrons. The monoisotopic (exact) mass is 190 g/mol. The maximum atomic E-state index is 5.55. The van der Waals surface area contributed by atoms with Gasteiger partial charge < -0.3 is 10.5 Å². The summed E-state index contributed by atoms with van der Waals surface area (Å²) >= 11 is 0. The van der Waals surface area contributed by atoms with E-state index in [0.717, 1.165) is 5.69 Å². The van der Waals surface area contributed by atoms with E-state index in [9.17, 15) is 0 Å². The van der Waals surface area contributed by atoms with Gasteiger partial charge >= 0.3 is 0 Å². The Kier molecular flexibility index (Phi) is 2.06. The molecule has 0 atom stereocenters. The Hall–Kier alpha value is -2.04. The lowest BCUT2D eigenvalue weighted by atomic mass is 10.4. The van der Waals surface area contributed by atoms with Crippen LogP contribution in [0.15, 0.2) is 30.7 Å². The van der Waals surface area contributed by atoms with Crippen LogP contribution in [0, 0.1) is 0 Å². The highest BCUT2D eigenvalue weighted by Crippen LogP contribution is 2.13. The molecule has 2 heterocycles. The van der Waals surface area contributed by atoms with Crippen molar-refractivity contribution in [3.63, 3.8) is 0 Å². The van der Waals surface area contributed by atoms with Crippen LogP contribution in [0.25, 0.3) is 5.69 Å². The number of methoxy groups -OCH3 is 1. The third kappa shape index (κ3) is 1.52. The van der Waals surface area contributed by atoms with Crippen molar-refractivity contribution >= 4 is 5.82 Å². The number of pyridine rings is 1. The molecule has 0 unspecified atom stereocenters. The third-order valence-corrected chi connectivity index (χ3v) is 1.82. The third-order valence-electron chi connectivity index (χ3n) is 1.82. The maximum absolute atomic E-state index is 5.55. The second-order valence-corrected chi connectivity index (χ2v) is 2.76. The van der Waals surface area contributed by atoms with E-state index in [1.165, 1.54) is 0 Å². The smallest absolute Gasteiger partial charge is 0.157 e. The zero-order valence-corrected chi connectivity index (χ0v) is 7.71. The highest BCUT2D eigenvalue weighted by molar-refractivity contribution is 5.41. The zero-order chi connectivity index (χ0) is 9.97. The van der Waals surface area contributed by atoms with Crippen LogP contribution in [0.4, 0.5) is 5.82 Å². The van der Waals surface area contributed by atoms with Crippen LogP contribution in [0.2, 0.25) is 0 Å². The van der Waals surface area contributed by atoms with Gasteiger partial charge in [0.2, 0.25) is 0 Å². The van der Waals surface area contributed by atoms with Gasteiger partial charge in [0.25, 0.3) is 0 Å². The molecular formula is C9H10N4O. The molecule has 2 N–H and O–H groups in total. The van der Waals surface area contributed by atoms with Crippen LogP contribution < -0.4 is 10.5 Å². The van der Waals surface area contributed by atoms with Crippen LogP contribution in [-0.2, 0) is 0 Å². The number of nitrogens with zero attached hydrogens (tertiary/aromatic N) is 3. The Labute approximate surface area is 81.1 Å². The van der Waals surface area contributed by atoms with Crippen molar-refractivity contribution in [2.45, 2.75) is 0 Å².